The molecule has 0 heterocycles. The topological polar surface area (TPSA) is 12.0 Å². The molecule has 16 heavy (non-hydrogen) atoms. The van der Waals surface area contributed by atoms with Gasteiger partial charge in [0.25, 0.3) is 0 Å². The van der Waals surface area contributed by atoms with Crippen LogP contribution in [-0.2, 0) is 0 Å². The van der Waals surface area contributed by atoms with Gasteiger partial charge in [0.2, 0.25) is 0 Å². The molecule has 0 aliphatic heterocycles. The molecule has 0 aliphatic rings. The van der Waals surface area contributed by atoms with Gasteiger partial charge in [-0.1, -0.05) is 6.92 Å². The van der Waals surface area contributed by atoms with Gasteiger partial charge in [0.05, 0.1) is 0 Å². The first-order valence-corrected chi connectivity index (χ1v) is 6.20. The Morgan fingerprint density at radius 1 is 1.31 bits per heavy atom. The average Bonchev–Trinajstić information content (AvgIpc) is 2.22. The van der Waals surface area contributed by atoms with Crippen molar-refractivity contribution >= 4 is 11.8 Å². The molecule has 0 fully saturated rings. The van der Waals surface area contributed by atoms with E-state index in [2.05, 4.69) is 12.2 Å². The van der Waals surface area contributed by atoms with Crippen LogP contribution in [-0.4, -0.2) is 18.3 Å². The van der Waals surface area contributed by atoms with Gasteiger partial charge in [-0.15, -0.1) is 11.8 Å². The molecule has 1 rings (SSSR count). The summed E-state index contributed by atoms with van der Waals surface area (Å²) in [5.74, 6) is -1.01. The van der Waals surface area contributed by atoms with Crippen LogP contribution in [0.1, 0.15) is 20.3 Å². The molecule has 1 aromatic rings. The molecule has 90 valence electrons. The molecule has 1 nitrogen and oxygen atoms in total. The minimum atomic E-state index is -0.530. The number of thioether (sulfide) groups is 1. The highest BCUT2D eigenvalue weighted by atomic mass is 32.2. The van der Waals surface area contributed by atoms with Crippen LogP contribution in [0.3, 0.4) is 0 Å². The number of rotatable bonds is 5. The van der Waals surface area contributed by atoms with Crippen LogP contribution in [0.5, 0.6) is 0 Å². The summed E-state index contributed by atoms with van der Waals surface area (Å²) < 4.78 is 26.0. The van der Waals surface area contributed by atoms with Crippen molar-refractivity contribution < 1.29 is 8.78 Å². The third-order valence-corrected chi connectivity index (χ3v) is 3.58. The summed E-state index contributed by atoms with van der Waals surface area (Å²) in [5, 5.41) is 3.43. The fourth-order valence-corrected chi connectivity index (χ4v) is 2.59. The molecule has 0 saturated heterocycles. The quantitative estimate of drug-likeness (QED) is 0.797. The molecule has 4 heteroatoms. The highest BCUT2D eigenvalue weighted by Gasteiger charge is 2.11. The third-order valence-electron chi connectivity index (χ3n) is 2.40. The van der Waals surface area contributed by atoms with E-state index in [4.69, 9.17) is 0 Å². The lowest BCUT2D eigenvalue weighted by molar-refractivity contribution is 0.557. The summed E-state index contributed by atoms with van der Waals surface area (Å²) in [6.07, 6.45) is 0.942. The highest BCUT2D eigenvalue weighted by Crippen LogP contribution is 2.28. The molecule has 0 aromatic heterocycles. The van der Waals surface area contributed by atoms with Crippen molar-refractivity contribution in [1.29, 1.82) is 0 Å². The van der Waals surface area contributed by atoms with Gasteiger partial charge in [-0.25, -0.2) is 8.78 Å². The molecule has 0 radical (unpaired) electrons. The van der Waals surface area contributed by atoms with Crippen LogP contribution in [0.2, 0.25) is 0 Å². The molecule has 2 unspecified atom stereocenters. The zero-order valence-electron chi connectivity index (χ0n) is 9.76. The van der Waals surface area contributed by atoms with Crippen LogP contribution < -0.4 is 5.32 Å². The molecule has 1 N–H and O–H groups in total. The van der Waals surface area contributed by atoms with E-state index in [1.807, 2.05) is 14.0 Å². The first-order valence-electron chi connectivity index (χ1n) is 5.32. The zero-order valence-corrected chi connectivity index (χ0v) is 10.6. The van der Waals surface area contributed by atoms with Crippen LogP contribution in [0, 0.1) is 11.6 Å². The first kappa shape index (κ1) is 13.5. The van der Waals surface area contributed by atoms with Crippen LogP contribution in [0.15, 0.2) is 23.1 Å². The van der Waals surface area contributed by atoms with E-state index in [0.29, 0.717) is 16.2 Å². The summed E-state index contributed by atoms with van der Waals surface area (Å²) in [5.41, 5.74) is 0. The van der Waals surface area contributed by atoms with Crippen LogP contribution in [0.4, 0.5) is 8.78 Å². The third kappa shape index (κ3) is 4.10. The van der Waals surface area contributed by atoms with Crippen molar-refractivity contribution in [2.75, 3.05) is 7.05 Å². The molecule has 0 spiro atoms. The molecule has 0 bridgehead atoms. The van der Waals surface area contributed by atoms with Gasteiger partial charge in [0.1, 0.15) is 11.6 Å². The number of benzene rings is 1. The van der Waals surface area contributed by atoms with Crippen LogP contribution >= 0.6 is 11.8 Å². The maximum atomic E-state index is 13.4. The fraction of sp³-hybridized carbons (Fsp3) is 0.500. The Kier molecular flexibility index (Phi) is 5.22. The second-order valence-electron chi connectivity index (χ2n) is 3.93. The normalized spacial score (nSPS) is 14.8. The number of hydrogen-bond acceptors (Lipinski definition) is 2. The Morgan fingerprint density at radius 2 is 2.00 bits per heavy atom. The standard InChI is InChI=1S/C12H17F2NS/c1-8(15-3)6-9(2)16-12-5-4-10(13)7-11(12)14/h4-5,7-9,15H,6H2,1-3H3. The van der Waals surface area contributed by atoms with Gasteiger partial charge in [0.15, 0.2) is 0 Å². The first-order chi connectivity index (χ1) is 7.52. The minimum Gasteiger partial charge on any atom is -0.317 e. The lowest BCUT2D eigenvalue weighted by Gasteiger charge is -2.16. The second-order valence-corrected chi connectivity index (χ2v) is 5.41. The van der Waals surface area contributed by atoms with Gasteiger partial charge >= 0.3 is 0 Å². The molecule has 2 atom stereocenters. The van der Waals surface area contributed by atoms with E-state index in [1.165, 1.54) is 23.9 Å². The molecule has 0 aliphatic carbocycles. The fourth-order valence-electron chi connectivity index (χ4n) is 1.45. The van der Waals surface area contributed by atoms with Gasteiger partial charge in [-0.2, -0.15) is 0 Å². The van der Waals surface area contributed by atoms with E-state index in [0.717, 1.165) is 12.5 Å². The molecular weight excluding hydrogens is 228 g/mol. The Balaban J connectivity index is 2.59. The van der Waals surface area contributed by atoms with E-state index in [9.17, 15) is 8.78 Å². The smallest absolute Gasteiger partial charge is 0.139 e. The monoisotopic (exact) mass is 245 g/mol. The molecule has 1 aromatic carbocycles. The van der Waals surface area contributed by atoms with E-state index >= 15 is 0 Å². The van der Waals surface area contributed by atoms with Crippen molar-refractivity contribution in [2.45, 2.75) is 36.5 Å². The minimum absolute atomic E-state index is 0.294. The van der Waals surface area contributed by atoms with E-state index < -0.39 is 11.6 Å². The predicted molar refractivity (Wildman–Crippen MR) is 64.8 cm³/mol. The molecule has 0 amide bonds. The SMILES string of the molecule is CNC(C)CC(C)Sc1ccc(F)cc1F. The largest absolute Gasteiger partial charge is 0.317 e. The van der Waals surface area contributed by atoms with Crippen molar-refractivity contribution in [2.24, 2.45) is 0 Å². The van der Waals surface area contributed by atoms with Crippen molar-refractivity contribution in [3.05, 3.63) is 29.8 Å². The Morgan fingerprint density at radius 3 is 2.56 bits per heavy atom. The van der Waals surface area contributed by atoms with Gasteiger partial charge in [-0.3, -0.25) is 0 Å². The Labute approximate surface area is 99.6 Å². The van der Waals surface area contributed by atoms with Crippen LogP contribution in [0.25, 0.3) is 0 Å². The summed E-state index contributed by atoms with van der Waals surface area (Å²) in [7, 11) is 1.90. The molecule has 0 saturated carbocycles. The van der Waals surface area contributed by atoms with Gasteiger partial charge < -0.3 is 5.32 Å². The average molecular weight is 245 g/mol. The lowest BCUT2D eigenvalue weighted by Crippen LogP contribution is -2.24. The maximum absolute atomic E-state index is 13.4. The number of nitrogens with one attached hydrogen (secondary N) is 1. The second kappa shape index (κ2) is 6.21. The van der Waals surface area contributed by atoms with Crippen molar-refractivity contribution in [1.82, 2.24) is 5.32 Å². The summed E-state index contributed by atoms with van der Waals surface area (Å²) in [4.78, 5) is 0.511. The van der Waals surface area contributed by atoms with Crippen molar-refractivity contribution in [3.8, 4) is 0 Å². The van der Waals surface area contributed by atoms with E-state index in [1.54, 1.807) is 0 Å². The lowest BCUT2D eigenvalue weighted by atomic mass is 10.2. The van der Waals surface area contributed by atoms with Gasteiger partial charge in [-0.05, 0) is 32.5 Å². The Hall–Kier alpha value is -0.610. The predicted octanol–water partition coefficient (Wildman–Crippen LogP) is 3.44. The number of hydrogen-bond donors (Lipinski definition) is 1. The highest BCUT2D eigenvalue weighted by molar-refractivity contribution is 8.00. The summed E-state index contributed by atoms with van der Waals surface area (Å²) >= 11 is 1.44. The molecular formula is C12H17F2NS. The van der Waals surface area contributed by atoms with E-state index in [-0.39, 0.29) is 0 Å². The summed E-state index contributed by atoms with van der Waals surface area (Å²) in [6.45, 7) is 4.12. The van der Waals surface area contributed by atoms with Crippen molar-refractivity contribution in [3.63, 3.8) is 0 Å². The Bertz CT molecular complexity index is 344. The maximum Gasteiger partial charge on any atom is 0.139 e. The number of halogens is 2. The zero-order chi connectivity index (χ0) is 12.1. The summed E-state index contributed by atoms with van der Waals surface area (Å²) in [6, 6.07) is 4.11. The van der Waals surface area contributed by atoms with Gasteiger partial charge in [0, 0.05) is 22.3 Å².